The number of benzene rings is 3. The van der Waals surface area contributed by atoms with Crippen LogP contribution in [-0.4, -0.2) is 17.1 Å². The van der Waals surface area contributed by atoms with E-state index in [1.807, 2.05) is 97.2 Å². The van der Waals surface area contributed by atoms with Gasteiger partial charge >= 0.3 is 0 Å². The Bertz CT molecular complexity index is 1210. The number of carbonyl (C=O) groups excluding carboxylic acids is 2. The van der Waals surface area contributed by atoms with Gasteiger partial charge in [0.2, 0.25) is 5.91 Å². The van der Waals surface area contributed by atoms with Gasteiger partial charge in [-0.15, -0.1) is 23.1 Å². The van der Waals surface area contributed by atoms with E-state index in [4.69, 9.17) is 4.74 Å². The van der Waals surface area contributed by atoms with Gasteiger partial charge in [0.25, 0.3) is 5.91 Å². The number of hydrogen-bond acceptors (Lipinski definition) is 5. The molecule has 2 amide bonds. The van der Waals surface area contributed by atoms with Crippen molar-refractivity contribution in [1.82, 2.24) is 0 Å². The highest BCUT2D eigenvalue weighted by molar-refractivity contribution is 8.00. The number of rotatable bonds is 8. The van der Waals surface area contributed by atoms with Crippen molar-refractivity contribution in [2.24, 2.45) is 0 Å². The van der Waals surface area contributed by atoms with E-state index in [0.29, 0.717) is 22.0 Å². The molecule has 4 rings (SSSR count). The summed E-state index contributed by atoms with van der Waals surface area (Å²) in [6.07, 6.45) is 0. The van der Waals surface area contributed by atoms with E-state index in [-0.39, 0.29) is 17.1 Å². The first-order valence-corrected chi connectivity index (χ1v) is 12.1. The Morgan fingerprint density at radius 3 is 2.30 bits per heavy atom. The molecule has 1 atom stereocenters. The Kier molecular flexibility index (Phi) is 7.44. The fourth-order valence-corrected chi connectivity index (χ4v) is 4.53. The van der Waals surface area contributed by atoms with E-state index in [1.54, 1.807) is 6.07 Å². The predicted octanol–water partition coefficient (Wildman–Crippen LogP) is 6.91. The second-order valence-electron chi connectivity index (χ2n) is 7.15. The van der Waals surface area contributed by atoms with E-state index in [1.165, 1.54) is 23.1 Å². The minimum Gasteiger partial charge on any atom is -0.457 e. The number of thioether (sulfide) groups is 1. The highest BCUT2D eigenvalue weighted by Crippen LogP contribution is 2.28. The summed E-state index contributed by atoms with van der Waals surface area (Å²) in [7, 11) is 0. The van der Waals surface area contributed by atoms with Crippen molar-refractivity contribution < 1.29 is 14.3 Å². The summed E-state index contributed by atoms with van der Waals surface area (Å²) < 4.78 is 5.78. The summed E-state index contributed by atoms with van der Waals surface area (Å²) in [4.78, 5) is 26.5. The lowest BCUT2D eigenvalue weighted by Crippen LogP contribution is -2.22. The smallest absolute Gasteiger partial charge is 0.265 e. The van der Waals surface area contributed by atoms with Crippen LogP contribution < -0.4 is 15.4 Å². The third kappa shape index (κ3) is 6.47. The summed E-state index contributed by atoms with van der Waals surface area (Å²) in [5.74, 6) is 1.21. The molecule has 3 aromatic carbocycles. The molecule has 1 heterocycles. The molecule has 5 nitrogen and oxygen atoms in total. The maximum absolute atomic E-state index is 12.7. The summed E-state index contributed by atoms with van der Waals surface area (Å²) in [5, 5.41) is 7.37. The first-order chi connectivity index (χ1) is 16.1. The van der Waals surface area contributed by atoms with E-state index in [0.717, 1.165) is 10.6 Å². The van der Waals surface area contributed by atoms with Gasteiger partial charge in [-0.25, -0.2) is 0 Å². The van der Waals surface area contributed by atoms with Crippen molar-refractivity contribution in [2.75, 3.05) is 10.6 Å². The van der Waals surface area contributed by atoms with Crippen LogP contribution in [-0.2, 0) is 4.79 Å². The van der Waals surface area contributed by atoms with Crippen LogP contribution in [0, 0.1) is 0 Å². The van der Waals surface area contributed by atoms with E-state index < -0.39 is 0 Å². The minimum absolute atomic E-state index is 0.107. The largest absolute Gasteiger partial charge is 0.457 e. The van der Waals surface area contributed by atoms with Crippen LogP contribution in [0.15, 0.2) is 101 Å². The molecule has 0 aliphatic rings. The standard InChI is InChI=1S/C26H22N2O3S2/c1-18(33-23-10-5-7-20(17-23)28-26(30)24-11-6-16-32-24)25(29)27-19-12-14-22(15-13-19)31-21-8-3-2-4-9-21/h2-18H,1H3,(H,27,29)(H,28,30). The first kappa shape index (κ1) is 22.6. The van der Waals surface area contributed by atoms with Crippen LogP contribution in [0.4, 0.5) is 11.4 Å². The lowest BCUT2D eigenvalue weighted by molar-refractivity contribution is -0.115. The molecule has 0 aliphatic carbocycles. The normalized spacial score (nSPS) is 11.4. The molecule has 1 unspecified atom stereocenters. The molecule has 0 saturated carbocycles. The second-order valence-corrected chi connectivity index (χ2v) is 9.51. The van der Waals surface area contributed by atoms with Crippen molar-refractivity contribution >= 4 is 46.3 Å². The number of carbonyl (C=O) groups is 2. The van der Waals surface area contributed by atoms with Crippen LogP contribution in [0.1, 0.15) is 16.6 Å². The molecular weight excluding hydrogens is 452 g/mol. The molecule has 4 aromatic rings. The molecule has 0 radical (unpaired) electrons. The Labute approximate surface area is 200 Å². The number of thiophene rings is 1. The lowest BCUT2D eigenvalue weighted by Gasteiger charge is -2.13. The molecule has 2 N–H and O–H groups in total. The maximum atomic E-state index is 12.7. The van der Waals surface area contributed by atoms with Crippen molar-refractivity contribution in [3.63, 3.8) is 0 Å². The molecule has 0 aliphatic heterocycles. The Balaban J connectivity index is 1.31. The Hall–Kier alpha value is -3.55. The number of para-hydroxylation sites is 1. The molecule has 0 fully saturated rings. The van der Waals surface area contributed by atoms with Crippen LogP contribution in [0.5, 0.6) is 11.5 Å². The average molecular weight is 475 g/mol. The van der Waals surface area contributed by atoms with Gasteiger partial charge in [-0.3, -0.25) is 9.59 Å². The SMILES string of the molecule is CC(Sc1cccc(NC(=O)c2cccs2)c1)C(=O)Nc1ccc(Oc2ccccc2)cc1. The van der Waals surface area contributed by atoms with Gasteiger partial charge in [-0.05, 0) is 73.0 Å². The minimum atomic E-state index is -0.325. The van der Waals surface area contributed by atoms with Gasteiger partial charge in [-0.2, -0.15) is 0 Å². The van der Waals surface area contributed by atoms with Crippen LogP contribution >= 0.6 is 23.1 Å². The van der Waals surface area contributed by atoms with E-state index in [2.05, 4.69) is 10.6 Å². The lowest BCUT2D eigenvalue weighted by atomic mass is 10.3. The molecule has 0 spiro atoms. The quantitative estimate of drug-likeness (QED) is 0.272. The second kappa shape index (κ2) is 10.8. The third-order valence-corrected chi connectivity index (χ3v) is 6.58. The molecule has 1 aromatic heterocycles. The van der Waals surface area contributed by atoms with Crippen LogP contribution in [0.2, 0.25) is 0 Å². The molecule has 0 saturated heterocycles. The zero-order chi connectivity index (χ0) is 23.0. The van der Waals surface area contributed by atoms with E-state index >= 15 is 0 Å². The summed E-state index contributed by atoms with van der Waals surface area (Å²) in [6.45, 7) is 1.85. The van der Waals surface area contributed by atoms with Crippen molar-refractivity contribution in [3.8, 4) is 11.5 Å². The summed E-state index contributed by atoms with van der Waals surface area (Å²) >= 11 is 2.82. The molecule has 0 bridgehead atoms. The Morgan fingerprint density at radius 2 is 1.58 bits per heavy atom. The van der Waals surface area contributed by atoms with Crippen molar-refractivity contribution in [1.29, 1.82) is 0 Å². The monoisotopic (exact) mass is 474 g/mol. The first-order valence-electron chi connectivity index (χ1n) is 10.3. The topological polar surface area (TPSA) is 67.4 Å². The predicted molar refractivity (Wildman–Crippen MR) is 136 cm³/mol. The number of hydrogen-bond donors (Lipinski definition) is 2. The fraction of sp³-hybridized carbons (Fsp3) is 0.0769. The number of nitrogens with one attached hydrogen (secondary N) is 2. The molecule has 166 valence electrons. The van der Waals surface area contributed by atoms with E-state index in [9.17, 15) is 9.59 Å². The molecule has 33 heavy (non-hydrogen) atoms. The maximum Gasteiger partial charge on any atom is 0.265 e. The summed E-state index contributed by atoms with van der Waals surface area (Å²) in [6, 6.07) is 27.9. The van der Waals surface area contributed by atoms with Crippen LogP contribution in [0.25, 0.3) is 0 Å². The van der Waals surface area contributed by atoms with Gasteiger partial charge in [-0.1, -0.05) is 30.3 Å². The number of anilines is 2. The molecule has 7 heteroatoms. The van der Waals surface area contributed by atoms with Gasteiger partial charge in [0.05, 0.1) is 10.1 Å². The summed E-state index contributed by atoms with van der Waals surface area (Å²) in [5.41, 5.74) is 1.39. The number of amides is 2. The number of ether oxygens (including phenoxy) is 1. The zero-order valence-electron chi connectivity index (χ0n) is 17.9. The third-order valence-electron chi connectivity index (χ3n) is 4.62. The van der Waals surface area contributed by atoms with Gasteiger partial charge in [0, 0.05) is 16.3 Å². The molecular formula is C26H22N2O3S2. The highest BCUT2D eigenvalue weighted by Gasteiger charge is 2.15. The highest BCUT2D eigenvalue weighted by atomic mass is 32.2. The zero-order valence-corrected chi connectivity index (χ0v) is 19.5. The van der Waals surface area contributed by atoms with Gasteiger partial charge < -0.3 is 15.4 Å². The fourth-order valence-electron chi connectivity index (χ4n) is 2.98. The van der Waals surface area contributed by atoms with Crippen molar-refractivity contribution in [3.05, 3.63) is 101 Å². The average Bonchev–Trinajstić information content (AvgIpc) is 3.37. The van der Waals surface area contributed by atoms with Gasteiger partial charge in [0.15, 0.2) is 0 Å². The van der Waals surface area contributed by atoms with Gasteiger partial charge in [0.1, 0.15) is 11.5 Å². The van der Waals surface area contributed by atoms with Crippen LogP contribution in [0.3, 0.4) is 0 Å². The van der Waals surface area contributed by atoms with Crippen molar-refractivity contribution in [2.45, 2.75) is 17.1 Å². The Morgan fingerprint density at radius 1 is 0.818 bits per heavy atom.